The predicted molar refractivity (Wildman–Crippen MR) is 95.5 cm³/mol. The molecule has 2 rings (SSSR count). The van der Waals surface area contributed by atoms with Gasteiger partial charge in [-0.25, -0.2) is 4.79 Å². The van der Waals surface area contributed by atoms with Crippen molar-refractivity contribution in [2.75, 3.05) is 26.8 Å². The summed E-state index contributed by atoms with van der Waals surface area (Å²) in [6.45, 7) is 5.12. The first-order chi connectivity index (χ1) is 11.4. The average Bonchev–Trinajstić information content (AvgIpc) is 2.85. The number of amides is 2. The van der Waals surface area contributed by atoms with Gasteiger partial charge in [0.15, 0.2) is 0 Å². The van der Waals surface area contributed by atoms with E-state index in [0.29, 0.717) is 47.7 Å². The van der Waals surface area contributed by atoms with Crippen molar-refractivity contribution in [3.8, 4) is 0 Å². The Labute approximate surface area is 154 Å². The minimum atomic E-state index is -0.290. The lowest BCUT2D eigenvalue weighted by atomic mass is 10.1. The number of halogens is 2. The second-order valence-electron chi connectivity index (χ2n) is 5.19. The molecular weight excluding hydrogens is 402 g/mol. The summed E-state index contributed by atoms with van der Waals surface area (Å²) in [4.78, 5) is 28.5. The molecule has 1 aromatic heterocycles. The summed E-state index contributed by atoms with van der Waals surface area (Å²) >= 11 is 9.37. The van der Waals surface area contributed by atoms with Gasteiger partial charge in [-0.1, -0.05) is 11.6 Å². The van der Waals surface area contributed by atoms with Crippen molar-refractivity contribution in [2.45, 2.75) is 32.7 Å². The Morgan fingerprint density at radius 2 is 2.00 bits per heavy atom. The number of hydrogen-bond donors (Lipinski definition) is 3. The maximum absolute atomic E-state index is 12.3. The molecule has 1 aliphatic rings. The summed E-state index contributed by atoms with van der Waals surface area (Å²) in [5.41, 5.74) is 1.17. The Morgan fingerprint density at radius 1 is 1.42 bits per heavy atom. The standard InChI is InChI=1S/C14H19BrClN3O3.CH4O/c1-3-22-14(21)19-6-4-9(5-7-19)18-13(20)12-10(15)11(16)8(2)17-12;1-2/h9,17H,3-7H2,1-2H3,(H,18,20);2H,1H3. The summed E-state index contributed by atoms with van der Waals surface area (Å²) in [5, 5.41) is 10.5. The minimum Gasteiger partial charge on any atom is -0.450 e. The van der Waals surface area contributed by atoms with Gasteiger partial charge >= 0.3 is 6.09 Å². The van der Waals surface area contributed by atoms with Crippen LogP contribution in [0.5, 0.6) is 0 Å². The molecule has 0 atom stereocenters. The van der Waals surface area contributed by atoms with E-state index in [2.05, 4.69) is 26.2 Å². The third-order valence-electron chi connectivity index (χ3n) is 3.64. The molecule has 1 aromatic rings. The highest BCUT2D eigenvalue weighted by molar-refractivity contribution is 9.10. The Balaban J connectivity index is 0.00000139. The van der Waals surface area contributed by atoms with E-state index in [-0.39, 0.29) is 18.0 Å². The third-order valence-corrected chi connectivity index (χ3v) is 5.13. The topological polar surface area (TPSA) is 94.7 Å². The smallest absolute Gasteiger partial charge is 0.409 e. The highest BCUT2D eigenvalue weighted by atomic mass is 79.9. The number of aromatic nitrogens is 1. The number of aryl methyl sites for hydroxylation is 1. The number of hydrogen-bond acceptors (Lipinski definition) is 4. The van der Waals surface area contributed by atoms with Gasteiger partial charge in [0.1, 0.15) is 5.69 Å². The molecule has 2 amide bonds. The van der Waals surface area contributed by atoms with Crippen molar-refractivity contribution in [1.29, 1.82) is 0 Å². The summed E-state index contributed by atoms with van der Waals surface area (Å²) in [5.74, 6) is -0.198. The van der Waals surface area contributed by atoms with Crippen LogP contribution in [0.15, 0.2) is 4.47 Å². The second-order valence-corrected chi connectivity index (χ2v) is 6.36. The molecule has 2 heterocycles. The average molecular weight is 425 g/mol. The number of nitrogens with one attached hydrogen (secondary N) is 2. The van der Waals surface area contributed by atoms with Gasteiger partial charge in [0.25, 0.3) is 5.91 Å². The molecular formula is C15H23BrClN3O4. The van der Waals surface area contributed by atoms with Crippen LogP contribution in [0, 0.1) is 6.92 Å². The van der Waals surface area contributed by atoms with Gasteiger partial charge in [-0.3, -0.25) is 4.79 Å². The van der Waals surface area contributed by atoms with E-state index < -0.39 is 0 Å². The molecule has 0 aliphatic carbocycles. The van der Waals surface area contributed by atoms with E-state index >= 15 is 0 Å². The van der Waals surface area contributed by atoms with Crippen molar-refractivity contribution in [3.05, 3.63) is 20.9 Å². The summed E-state index contributed by atoms with van der Waals surface area (Å²) in [6, 6.07) is 0.0347. The van der Waals surface area contributed by atoms with E-state index in [1.165, 1.54) is 0 Å². The minimum absolute atomic E-state index is 0.0347. The van der Waals surface area contributed by atoms with Crippen LogP contribution in [0.4, 0.5) is 4.79 Å². The Morgan fingerprint density at radius 3 is 2.46 bits per heavy atom. The Kier molecular flexibility index (Phi) is 8.58. The van der Waals surface area contributed by atoms with Crippen LogP contribution in [0.25, 0.3) is 0 Å². The summed E-state index contributed by atoms with van der Waals surface area (Å²) in [7, 11) is 1.00. The Bertz CT molecular complexity index is 571. The predicted octanol–water partition coefficient (Wildman–Crippen LogP) is 2.70. The van der Waals surface area contributed by atoms with Crippen LogP contribution < -0.4 is 5.32 Å². The fourth-order valence-corrected chi connectivity index (χ4v) is 3.13. The van der Waals surface area contributed by atoms with E-state index in [4.69, 9.17) is 21.4 Å². The zero-order chi connectivity index (χ0) is 18.3. The molecule has 0 spiro atoms. The molecule has 1 aliphatic heterocycles. The summed E-state index contributed by atoms with van der Waals surface area (Å²) in [6.07, 6.45) is 1.12. The van der Waals surface area contributed by atoms with Crippen molar-refractivity contribution in [1.82, 2.24) is 15.2 Å². The zero-order valence-electron chi connectivity index (χ0n) is 14.0. The normalized spacial score (nSPS) is 14.7. The van der Waals surface area contributed by atoms with Gasteiger partial charge in [0.2, 0.25) is 0 Å². The van der Waals surface area contributed by atoms with Crippen LogP contribution in [-0.2, 0) is 4.74 Å². The number of aliphatic hydroxyl groups excluding tert-OH is 1. The number of rotatable bonds is 3. The SMILES string of the molecule is CCOC(=O)N1CCC(NC(=O)c2[nH]c(C)c(Cl)c2Br)CC1.CO. The number of aromatic amines is 1. The lowest BCUT2D eigenvalue weighted by molar-refractivity contribution is 0.0856. The fraction of sp³-hybridized carbons (Fsp3) is 0.600. The number of likely N-dealkylation sites (tertiary alicyclic amines) is 1. The number of carbonyl (C=O) groups excluding carboxylic acids is 2. The van der Waals surface area contributed by atoms with E-state index in [9.17, 15) is 9.59 Å². The number of ether oxygens (including phenoxy) is 1. The summed E-state index contributed by atoms with van der Waals surface area (Å²) < 4.78 is 5.55. The Hall–Kier alpha value is -1.25. The molecule has 0 bridgehead atoms. The first-order valence-corrected chi connectivity index (χ1v) is 8.82. The van der Waals surface area contributed by atoms with E-state index in [0.717, 1.165) is 12.8 Å². The fourth-order valence-electron chi connectivity index (χ4n) is 2.41. The molecule has 136 valence electrons. The van der Waals surface area contributed by atoms with Crippen LogP contribution in [0.3, 0.4) is 0 Å². The van der Waals surface area contributed by atoms with Crippen LogP contribution in [0.1, 0.15) is 35.9 Å². The maximum Gasteiger partial charge on any atom is 0.409 e. The van der Waals surface area contributed by atoms with E-state index in [1.807, 2.05) is 6.92 Å². The van der Waals surface area contributed by atoms with Gasteiger partial charge in [-0.15, -0.1) is 0 Å². The molecule has 3 N–H and O–H groups in total. The number of piperidine rings is 1. The monoisotopic (exact) mass is 423 g/mol. The number of H-pyrrole nitrogens is 1. The van der Waals surface area contributed by atoms with Gasteiger partial charge in [0, 0.05) is 31.9 Å². The highest BCUT2D eigenvalue weighted by Gasteiger charge is 2.26. The second kappa shape index (κ2) is 9.90. The van der Waals surface area contributed by atoms with E-state index in [1.54, 1.807) is 11.8 Å². The molecule has 24 heavy (non-hydrogen) atoms. The van der Waals surface area contributed by atoms with Crippen molar-refractivity contribution in [2.24, 2.45) is 0 Å². The number of carbonyl (C=O) groups is 2. The zero-order valence-corrected chi connectivity index (χ0v) is 16.3. The number of aliphatic hydroxyl groups is 1. The first kappa shape index (κ1) is 20.8. The van der Waals surface area contributed by atoms with Crippen LogP contribution in [-0.4, -0.2) is 59.8 Å². The van der Waals surface area contributed by atoms with Gasteiger partial charge in [-0.05, 0) is 42.6 Å². The largest absolute Gasteiger partial charge is 0.450 e. The van der Waals surface area contributed by atoms with Crippen molar-refractivity contribution in [3.63, 3.8) is 0 Å². The maximum atomic E-state index is 12.3. The molecule has 1 saturated heterocycles. The molecule has 9 heteroatoms. The molecule has 0 unspecified atom stereocenters. The molecule has 0 radical (unpaired) electrons. The molecule has 0 saturated carbocycles. The third kappa shape index (κ3) is 5.12. The van der Waals surface area contributed by atoms with Gasteiger partial charge < -0.3 is 25.0 Å². The van der Waals surface area contributed by atoms with Gasteiger partial charge in [0.05, 0.1) is 16.1 Å². The lowest BCUT2D eigenvalue weighted by Gasteiger charge is -2.31. The van der Waals surface area contributed by atoms with Crippen LogP contribution >= 0.6 is 27.5 Å². The quantitative estimate of drug-likeness (QED) is 0.695. The molecule has 1 fully saturated rings. The molecule has 0 aromatic carbocycles. The van der Waals surface area contributed by atoms with Gasteiger partial charge in [-0.2, -0.15) is 0 Å². The lowest BCUT2D eigenvalue weighted by Crippen LogP contribution is -2.46. The van der Waals surface area contributed by atoms with Crippen molar-refractivity contribution < 1.29 is 19.4 Å². The number of nitrogens with zero attached hydrogens (tertiary/aromatic N) is 1. The first-order valence-electron chi connectivity index (χ1n) is 7.64. The van der Waals surface area contributed by atoms with Crippen LogP contribution in [0.2, 0.25) is 5.02 Å². The highest BCUT2D eigenvalue weighted by Crippen LogP contribution is 2.29. The van der Waals surface area contributed by atoms with Crippen molar-refractivity contribution >= 4 is 39.5 Å². The molecule has 7 nitrogen and oxygen atoms in total.